The molecule has 0 aliphatic carbocycles. The zero-order chi connectivity index (χ0) is 11.6. The fourth-order valence-electron chi connectivity index (χ4n) is 1.41. The van der Waals surface area contributed by atoms with Crippen molar-refractivity contribution in [2.24, 2.45) is 0 Å². The van der Waals surface area contributed by atoms with Crippen LogP contribution in [0.4, 0.5) is 4.39 Å². The van der Waals surface area contributed by atoms with E-state index < -0.39 is 17.7 Å². The number of alkyl halides is 1. The van der Waals surface area contributed by atoms with Crippen molar-refractivity contribution in [2.75, 3.05) is 0 Å². The Morgan fingerprint density at radius 1 is 1.40 bits per heavy atom. The Bertz CT molecular complexity index is 368. The zero-order valence-electron chi connectivity index (χ0n) is 8.57. The molecule has 0 aromatic heterocycles. The van der Waals surface area contributed by atoms with Crippen molar-refractivity contribution in [2.45, 2.75) is 25.6 Å². The summed E-state index contributed by atoms with van der Waals surface area (Å²) in [7, 11) is 0. The number of aliphatic carboxylic acids is 1. The molecule has 15 heavy (non-hydrogen) atoms. The van der Waals surface area contributed by atoms with E-state index >= 15 is 0 Å². The Labute approximate surface area is 87.2 Å². The lowest BCUT2D eigenvalue weighted by atomic mass is 9.92. The van der Waals surface area contributed by atoms with Gasteiger partial charge < -0.3 is 10.2 Å². The molecule has 1 unspecified atom stereocenters. The van der Waals surface area contributed by atoms with Crippen molar-refractivity contribution in [1.29, 1.82) is 0 Å². The molecule has 0 amide bonds. The van der Waals surface area contributed by atoms with Gasteiger partial charge in [0.2, 0.25) is 0 Å². The van der Waals surface area contributed by atoms with Crippen molar-refractivity contribution in [3.05, 3.63) is 35.4 Å². The van der Waals surface area contributed by atoms with Crippen LogP contribution in [-0.4, -0.2) is 16.2 Å². The first-order chi connectivity index (χ1) is 6.84. The summed E-state index contributed by atoms with van der Waals surface area (Å²) in [5.41, 5.74) is -1.38. The first-order valence-electron chi connectivity index (χ1n) is 4.53. The summed E-state index contributed by atoms with van der Waals surface area (Å²) < 4.78 is 13.7. The number of halogens is 1. The second-order valence-electron chi connectivity index (χ2n) is 3.80. The molecule has 0 radical (unpaired) electrons. The second-order valence-corrected chi connectivity index (χ2v) is 3.80. The van der Waals surface area contributed by atoms with Crippen LogP contribution in [0.3, 0.4) is 0 Å². The van der Waals surface area contributed by atoms with Gasteiger partial charge in [0.25, 0.3) is 0 Å². The normalized spacial score (nSPS) is 13.6. The Hall–Kier alpha value is -1.42. The summed E-state index contributed by atoms with van der Waals surface area (Å²) in [5.74, 6) is -1.38. The molecule has 0 aliphatic heterocycles. The van der Waals surface area contributed by atoms with Gasteiger partial charge in [0.05, 0.1) is 0 Å². The third-order valence-corrected chi connectivity index (χ3v) is 2.13. The van der Waals surface area contributed by atoms with Gasteiger partial charge in [-0.05, 0) is 25.0 Å². The quantitative estimate of drug-likeness (QED) is 0.805. The Morgan fingerprint density at radius 3 is 2.40 bits per heavy atom. The van der Waals surface area contributed by atoms with E-state index in [1.807, 2.05) is 0 Å². The maximum atomic E-state index is 13.7. The first kappa shape index (κ1) is 11.7. The van der Waals surface area contributed by atoms with Crippen molar-refractivity contribution in [1.82, 2.24) is 0 Å². The minimum Gasteiger partial charge on any atom is -0.479 e. The lowest BCUT2D eigenvalue weighted by Gasteiger charge is -2.20. The molecule has 2 N–H and O–H groups in total. The summed E-state index contributed by atoms with van der Waals surface area (Å²) in [6.07, 6.45) is -1.68. The van der Waals surface area contributed by atoms with Crippen molar-refractivity contribution in [3.63, 3.8) is 0 Å². The largest absolute Gasteiger partial charge is 0.479 e. The topological polar surface area (TPSA) is 57.5 Å². The minimum atomic E-state index is -1.68. The molecule has 0 saturated carbocycles. The van der Waals surface area contributed by atoms with Crippen LogP contribution in [0, 0.1) is 0 Å². The van der Waals surface area contributed by atoms with E-state index in [1.165, 1.54) is 26.0 Å². The minimum absolute atomic E-state index is 0.0949. The van der Waals surface area contributed by atoms with E-state index in [-0.39, 0.29) is 11.1 Å². The number of rotatable bonds is 3. The zero-order valence-corrected chi connectivity index (χ0v) is 8.57. The SMILES string of the molecule is CC(C)(F)c1ccccc1C(O)C(=O)O. The smallest absolute Gasteiger partial charge is 0.337 e. The maximum absolute atomic E-state index is 13.7. The number of benzene rings is 1. The highest BCUT2D eigenvalue weighted by Crippen LogP contribution is 2.31. The number of carbonyl (C=O) groups is 1. The molecule has 3 nitrogen and oxygen atoms in total. The number of hydrogen-bond donors (Lipinski definition) is 2. The summed E-state index contributed by atoms with van der Waals surface area (Å²) in [6, 6.07) is 6.06. The molecular formula is C11H13FO3. The second kappa shape index (κ2) is 3.98. The summed E-state index contributed by atoms with van der Waals surface area (Å²) in [4.78, 5) is 10.6. The van der Waals surface area contributed by atoms with Crippen LogP contribution < -0.4 is 0 Å². The van der Waals surface area contributed by atoms with E-state index in [4.69, 9.17) is 5.11 Å². The molecule has 4 heteroatoms. The summed E-state index contributed by atoms with van der Waals surface area (Å²) in [6.45, 7) is 2.64. The van der Waals surface area contributed by atoms with Crippen LogP contribution in [0.15, 0.2) is 24.3 Å². The van der Waals surface area contributed by atoms with E-state index in [1.54, 1.807) is 12.1 Å². The fourth-order valence-corrected chi connectivity index (χ4v) is 1.41. The Balaban J connectivity index is 3.24. The van der Waals surface area contributed by atoms with Gasteiger partial charge in [-0.2, -0.15) is 0 Å². The van der Waals surface area contributed by atoms with E-state index in [0.717, 1.165) is 0 Å². The van der Waals surface area contributed by atoms with Gasteiger partial charge in [0, 0.05) is 0 Å². The van der Waals surface area contributed by atoms with Gasteiger partial charge in [-0.3, -0.25) is 0 Å². The van der Waals surface area contributed by atoms with E-state index in [0.29, 0.717) is 0 Å². The van der Waals surface area contributed by atoms with Crippen LogP contribution in [0.2, 0.25) is 0 Å². The maximum Gasteiger partial charge on any atom is 0.337 e. The van der Waals surface area contributed by atoms with Crippen LogP contribution in [0.25, 0.3) is 0 Å². The van der Waals surface area contributed by atoms with Gasteiger partial charge in [-0.15, -0.1) is 0 Å². The van der Waals surface area contributed by atoms with E-state index in [9.17, 15) is 14.3 Å². The Kier molecular flexibility index (Phi) is 3.09. The number of carboxylic acid groups (broad SMARTS) is 1. The Morgan fingerprint density at radius 2 is 1.93 bits per heavy atom. The highest BCUT2D eigenvalue weighted by Gasteiger charge is 2.27. The molecule has 0 heterocycles. The average Bonchev–Trinajstić information content (AvgIpc) is 2.15. The first-order valence-corrected chi connectivity index (χ1v) is 4.53. The van der Waals surface area contributed by atoms with Crippen LogP contribution >= 0.6 is 0 Å². The van der Waals surface area contributed by atoms with Crippen LogP contribution in [0.1, 0.15) is 31.1 Å². The van der Waals surface area contributed by atoms with Gasteiger partial charge in [-0.25, -0.2) is 9.18 Å². The molecule has 0 fully saturated rings. The number of carboxylic acids is 1. The molecule has 0 aliphatic rings. The van der Waals surface area contributed by atoms with Gasteiger partial charge in [-0.1, -0.05) is 24.3 Å². The molecule has 1 atom stereocenters. The average molecular weight is 212 g/mol. The highest BCUT2D eigenvalue weighted by atomic mass is 19.1. The number of aliphatic hydroxyl groups excluding tert-OH is 1. The molecule has 0 spiro atoms. The summed E-state index contributed by atoms with van der Waals surface area (Å²) >= 11 is 0. The number of aliphatic hydroxyl groups is 1. The standard InChI is InChI=1S/C11H13FO3/c1-11(2,12)8-6-4-3-5-7(8)9(13)10(14)15/h3-6,9,13H,1-2H3,(H,14,15). The predicted molar refractivity (Wildman–Crippen MR) is 53.2 cm³/mol. The van der Waals surface area contributed by atoms with Gasteiger partial charge in [0.15, 0.2) is 6.10 Å². The predicted octanol–water partition coefficient (Wildman–Crippen LogP) is 2.01. The third kappa shape index (κ3) is 2.53. The highest BCUT2D eigenvalue weighted by molar-refractivity contribution is 5.74. The van der Waals surface area contributed by atoms with Crippen LogP contribution in [-0.2, 0) is 10.5 Å². The fraction of sp³-hybridized carbons (Fsp3) is 0.364. The monoisotopic (exact) mass is 212 g/mol. The number of hydrogen-bond acceptors (Lipinski definition) is 2. The van der Waals surface area contributed by atoms with E-state index in [2.05, 4.69) is 0 Å². The molecule has 0 bridgehead atoms. The van der Waals surface area contributed by atoms with Crippen molar-refractivity contribution >= 4 is 5.97 Å². The molecule has 1 aromatic rings. The molecular weight excluding hydrogens is 199 g/mol. The molecule has 82 valence electrons. The molecule has 0 saturated heterocycles. The van der Waals surface area contributed by atoms with Crippen LogP contribution in [0.5, 0.6) is 0 Å². The lowest BCUT2D eigenvalue weighted by Crippen LogP contribution is -2.18. The molecule has 1 aromatic carbocycles. The van der Waals surface area contributed by atoms with Crippen molar-refractivity contribution in [3.8, 4) is 0 Å². The molecule has 1 rings (SSSR count). The van der Waals surface area contributed by atoms with Crippen molar-refractivity contribution < 1.29 is 19.4 Å². The van der Waals surface area contributed by atoms with Gasteiger partial charge in [0.1, 0.15) is 5.67 Å². The third-order valence-electron chi connectivity index (χ3n) is 2.13. The summed E-state index contributed by atoms with van der Waals surface area (Å²) in [5, 5.41) is 18.0. The lowest BCUT2D eigenvalue weighted by molar-refractivity contribution is -0.147. The van der Waals surface area contributed by atoms with Gasteiger partial charge >= 0.3 is 5.97 Å².